The number of carbonyl (C=O) groups excluding carboxylic acids is 1. The maximum absolute atomic E-state index is 12.5. The van der Waals surface area contributed by atoms with Gasteiger partial charge in [0.25, 0.3) is 5.91 Å². The maximum Gasteiger partial charge on any atom is 0.270 e. The molecule has 0 spiro atoms. The number of rotatable bonds is 8. The molecule has 2 heterocycles. The number of ether oxygens (including phenoxy) is 1. The van der Waals surface area contributed by atoms with Crippen LogP contribution in [0.3, 0.4) is 0 Å². The lowest BCUT2D eigenvalue weighted by molar-refractivity contribution is 0.0934. The van der Waals surface area contributed by atoms with Crippen molar-refractivity contribution in [1.29, 1.82) is 0 Å². The molecule has 0 unspecified atom stereocenters. The zero-order valence-electron chi connectivity index (χ0n) is 14.0. The summed E-state index contributed by atoms with van der Waals surface area (Å²) in [6.07, 6.45) is 4.97. The van der Waals surface area contributed by atoms with E-state index in [4.69, 9.17) is 4.74 Å². The van der Waals surface area contributed by atoms with Crippen molar-refractivity contribution < 1.29 is 9.53 Å². The molecule has 0 aliphatic rings. The third-order valence-electron chi connectivity index (χ3n) is 3.59. The molecule has 0 fully saturated rings. The Balaban J connectivity index is 1.97. The SMILES string of the molecule is CCCCOCCCNC(=O)c1c(C)nc2c(Br)cc(C)cn12. The number of halogens is 1. The van der Waals surface area contributed by atoms with Crippen LogP contribution < -0.4 is 5.32 Å². The van der Waals surface area contributed by atoms with E-state index in [1.807, 2.05) is 30.5 Å². The Bertz CT molecular complexity index is 682. The van der Waals surface area contributed by atoms with Crippen LogP contribution in [-0.2, 0) is 4.74 Å². The summed E-state index contributed by atoms with van der Waals surface area (Å²) < 4.78 is 8.24. The first-order valence-corrected chi connectivity index (χ1v) is 8.84. The van der Waals surface area contributed by atoms with Gasteiger partial charge in [-0.15, -0.1) is 0 Å². The van der Waals surface area contributed by atoms with E-state index in [-0.39, 0.29) is 5.91 Å². The van der Waals surface area contributed by atoms with E-state index < -0.39 is 0 Å². The molecular weight excluding hydrogens is 358 g/mol. The smallest absolute Gasteiger partial charge is 0.270 e. The average molecular weight is 382 g/mol. The number of nitrogens with one attached hydrogen (secondary N) is 1. The lowest BCUT2D eigenvalue weighted by Crippen LogP contribution is -2.27. The molecule has 0 saturated carbocycles. The standard InChI is InChI=1S/C17H24BrN3O2/c1-4-5-8-23-9-6-7-19-17(22)15-13(3)20-16-14(18)10-12(2)11-21(15)16/h10-11H,4-9H2,1-3H3,(H,19,22). The number of carbonyl (C=O) groups is 1. The maximum atomic E-state index is 12.5. The van der Waals surface area contributed by atoms with Gasteiger partial charge in [-0.1, -0.05) is 13.3 Å². The zero-order chi connectivity index (χ0) is 16.8. The Labute approximate surface area is 145 Å². The zero-order valence-corrected chi connectivity index (χ0v) is 15.6. The van der Waals surface area contributed by atoms with Gasteiger partial charge in [-0.3, -0.25) is 9.20 Å². The molecule has 1 amide bonds. The molecule has 0 aliphatic carbocycles. The van der Waals surface area contributed by atoms with Crippen molar-refractivity contribution in [2.45, 2.75) is 40.0 Å². The molecule has 0 aromatic carbocycles. The van der Waals surface area contributed by atoms with Crippen LogP contribution in [0.25, 0.3) is 5.65 Å². The average Bonchev–Trinajstić information content (AvgIpc) is 2.82. The molecule has 6 heteroatoms. The minimum atomic E-state index is -0.0962. The van der Waals surface area contributed by atoms with Gasteiger partial charge in [-0.25, -0.2) is 4.98 Å². The van der Waals surface area contributed by atoms with Crippen molar-refractivity contribution in [2.75, 3.05) is 19.8 Å². The number of unbranched alkanes of at least 4 members (excludes halogenated alkanes) is 1. The van der Waals surface area contributed by atoms with Crippen LogP contribution in [0.15, 0.2) is 16.7 Å². The molecule has 23 heavy (non-hydrogen) atoms. The van der Waals surface area contributed by atoms with Gasteiger partial charge in [0, 0.05) is 26.0 Å². The summed E-state index contributed by atoms with van der Waals surface area (Å²) in [5.41, 5.74) is 3.16. The monoisotopic (exact) mass is 381 g/mol. The van der Waals surface area contributed by atoms with Gasteiger partial charge in [-0.05, 0) is 54.2 Å². The molecule has 0 aliphatic heterocycles. The predicted octanol–water partition coefficient (Wildman–Crippen LogP) is 3.65. The highest BCUT2D eigenvalue weighted by Crippen LogP contribution is 2.22. The number of hydrogen-bond acceptors (Lipinski definition) is 3. The fraction of sp³-hybridized carbons (Fsp3) is 0.529. The molecule has 0 bridgehead atoms. The van der Waals surface area contributed by atoms with Gasteiger partial charge in [0.05, 0.1) is 10.2 Å². The minimum absolute atomic E-state index is 0.0962. The lowest BCUT2D eigenvalue weighted by atomic mass is 10.3. The second-order valence-corrected chi connectivity index (χ2v) is 6.53. The summed E-state index contributed by atoms with van der Waals surface area (Å²) in [5, 5.41) is 2.95. The predicted molar refractivity (Wildman–Crippen MR) is 95.0 cm³/mol. The molecule has 2 aromatic heterocycles. The molecular formula is C17H24BrN3O2. The van der Waals surface area contributed by atoms with E-state index in [1.165, 1.54) is 0 Å². The minimum Gasteiger partial charge on any atom is -0.381 e. The Morgan fingerprint density at radius 3 is 2.83 bits per heavy atom. The molecule has 0 atom stereocenters. The number of amides is 1. The molecule has 1 N–H and O–H groups in total. The van der Waals surface area contributed by atoms with Gasteiger partial charge in [0.1, 0.15) is 5.69 Å². The highest BCUT2D eigenvalue weighted by molar-refractivity contribution is 9.10. The first-order chi connectivity index (χ1) is 11.0. The second kappa shape index (κ2) is 8.45. The van der Waals surface area contributed by atoms with Gasteiger partial charge in [0.2, 0.25) is 0 Å². The second-order valence-electron chi connectivity index (χ2n) is 5.68. The first kappa shape index (κ1) is 17.9. The lowest BCUT2D eigenvalue weighted by Gasteiger charge is -2.07. The van der Waals surface area contributed by atoms with E-state index in [0.717, 1.165) is 47.2 Å². The topological polar surface area (TPSA) is 55.6 Å². The largest absolute Gasteiger partial charge is 0.381 e. The van der Waals surface area contributed by atoms with Crippen molar-refractivity contribution >= 4 is 27.5 Å². The Morgan fingerprint density at radius 2 is 2.09 bits per heavy atom. The summed E-state index contributed by atoms with van der Waals surface area (Å²) in [7, 11) is 0. The summed E-state index contributed by atoms with van der Waals surface area (Å²) in [4.78, 5) is 17.0. The molecule has 0 radical (unpaired) electrons. The van der Waals surface area contributed by atoms with Crippen molar-refractivity contribution in [3.8, 4) is 0 Å². The van der Waals surface area contributed by atoms with Crippen LogP contribution in [-0.4, -0.2) is 35.1 Å². The molecule has 2 aromatic rings. The van der Waals surface area contributed by atoms with Crippen molar-refractivity contribution in [1.82, 2.24) is 14.7 Å². The quantitative estimate of drug-likeness (QED) is 0.709. The first-order valence-electron chi connectivity index (χ1n) is 8.05. The van der Waals surface area contributed by atoms with Gasteiger partial charge < -0.3 is 10.1 Å². The van der Waals surface area contributed by atoms with Crippen LogP contribution in [0.1, 0.15) is 47.9 Å². The van der Waals surface area contributed by atoms with Crippen LogP contribution in [0.5, 0.6) is 0 Å². The fourth-order valence-corrected chi connectivity index (χ4v) is 3.07. The highest BCUT2D eigenvalue weighted by atomic mass is 79.9. The summed E-state index contributed by atoms with van der Waals surface area (Å²) >= 11 is 3.51. The number of pyridine rings is 1. The Morgan fingerprint density at radius 1 is 1.35 bits per heavy atom. The molecule has 126 valence electrons. The van der Waals surface area contributed by atoms with Crippen LogP contribution in [0.2, 0.25) is 0 Å². The highest BCUT2D eigenvalue weighted by Gasteiger charge is 2.17. The van der Waals surface area contributed by atoms with Gasteiger partial charge in [0.15, 0.2) is 5.65 Å². The van der Waals surface area contributed by atoms with Crippen molar-refractivity contribution in [2.24, 2.45) is 0 Å². The van der Waals surface area contributed by atoms with Crippen molar-refractivity contribution in [3.05, 3.63) is 33.7 Å². The number of aromatic nitrogens is 2. The number of aryl methyl sites for hydroxylation is 2. The van der Waals surface area contributed by atoms with Gasteiger partial charge in [-0.2, -0.15) is 0 Å². The van der Waals surface area contributed by atoms with Crippen LogP contribution in [0.4, 0.5) is 0 Å². The molecule has 5 nitrogen and oxygen atoms in total. The van der Waals surface area contributed by atoms with E-state index in [0.29, 0.717) is 18.8 Å². The summed E-state index contributed by atoms with van der Waals surface area (Å²) in [6.45, 7) is 8.07. The Kier molecular flexibility index (Phi) is 6.59. The van der Waals surface area contributed by atoms with E-state index >= 15 is 0 Å². The normalized spacial score (nSPS) is 11.1. The number of nitrogens with zero attached hydrogens (tertiary/aromatic N) is 2. The fourth-order valence-electron chi connectivity index (χ4n) is 2.43. The number of hydrogen-bond donors (Lipinski definition) is 1. The van der Waals surface area contributed by atoms with Gasteiger partial charge >= 0.3 is 0 Å². The summed E-state index contributed by atoms with van der Waals surface area (Å²) in [6, 6.07) is 2.00. The third-order valence-corrected chi connectivity index (χ3v) is 4.18. The summed E-state index contributed by atoms with van der Waals surface area (Å²) in [5.74, 6) is -0.0962. The Hall–Kier alpha value is -1.40. The third kappa shape index (κ3) is 4.54. The van der Waals surface area contributed by atoms with E-state index in [1.54, 1.807) is 0 Å². The molecule has 2 rings (SSSR count). The van der Waals surface area contributed by atoms with Crippen molar-refractivity contribution in [3.63, 3.8) is 0 Å². The van der Waals surface area contributed by atoms with Crippen LogP contribution in [0, 0.1) is 13.8 Å². The molecule has 0 saturated heterocycles. The van der Waals surface area contributed by atoms with Crippen LogP contribution >= 0.6 is 15.9 Å². The number of fused-ring (bicyclic) bond motifs is 1. The number of imidazole rings is 1. The van der Waals surface area contributed by atoms with E-state index in [9.17, 15) is 4.79 Å². The van der Waals surface area contributed by atoms with E-state index in [2.05, 4.69) is 33.2 Å².